The Kier molecular flexibility index (Phi) is 7.91. The maximum Gasteiger partial charge on any atom is 0.222 e. The van der Waals surface area contributed by atoms with Gasteiger partial charge in [0, 0.05) is 24.3 Å². The lowest BCUT2D eigenvalue weighted by molar-refractivity contribution is -0.131. The molecule has 0 radical (unpaired) electrons. The van der Waals surface area contributed by atoms with Crippen molar-refractivity contribution in [3.8, 4) is 0 Å². The molecular formula is C14H26BrNO. The molecule has 1 rings (SSSR count). The van der Waals surface area contributed by atoms with Gasteiger partial charge in [0.25, 0.3) is 0 Å². The van der Waals surface area contributed by atoms with E-state index in [4.69, 9.17) is 0 Å². The summed E-state index contributed by atoms with van der Waals surface area (Å²) in [6.45, 7) is 3.12. The summed E-state index contributed by atoms with van der Waals surface area (Å²) in [5.41, 5.74) is 0. The van der Waals surface area contributed by atoms with Crippen LogP contribution in [0.4, 0.5) is 0 Å². The third-order valence-corrected chi connectivity index (χ3v) is 3.73. The molecule has 0 saturated heterocycles. The number of nitrogens with zero attached hydrogens (tertiary/aromatic N) is 1. The SMILES string of the molecule is CCCCCCCCC(=O)N(CCBr)C1CC1. The predicted octanol–water partition coefficient (Wildman–Crippen LogP) is 4.12. The van der Waals surface area contributed by atoms with E-state index in [-0.39, 0.29) is 0 Å². The number of unbranched alkanes of at least 4 members (excludes halogenated alkanes) is 5. The van der Waals surface area contributed by atoms with Crippen LogP contribution < -0.4 is 0 Å². The molecule has 3 heteroatoms. The van der Waals surface area contributed by atoms with E-state index in [1.54, 1.807) is 0 Å². The van der Waals surface area contributed by atoms with Crippen LogP contribution >= 0.6 is 15.9 Å². The first-order chi connectivity index (χ1) is 8.29. The standard InChI is InChI=1S/C14H26BrNO/c1-2-3-4-5-6-7-8-14(17)16(12-11-15)13-9-10-13/h13H,2-12H2,1H3. The Hall–Kier alpha value is -0.0500. The summed E-state index contributed by atoms with van der Waals surface area (Å²) in [7, 11) is 0. The molecule has 17 heavy (non-hydrogen) atoms. The summed E-state index contributed by atoms with van der Waals surface area (Å²) >= 11 is 3.43. The van der Waals surface area contributed by atoms with Gasteiger partial charge in [-0.05, 0) is 19.3 Å². The number of carbonyl (C=O) groups excluding carboxylic acids is 1. The fourth-order valence-electron chi connectivity index (χ4n) is 2.19. The molecule has 1 aliphatic rings. The highest BCUT2D eigenvalue weighted by molar-refractivity contribution is 9.09. The lowest BCUT2D eigenvalue weighted by Gasteiger charge is -2.21. The summed E-state index contributed by atoms with van der Waals surface area (Å²) in [5.74, 6) is 0.377. The molecule has 0 N–H and O–H groups in total. The Morgan fingerprint density at radius 1 is 1.18 bits per heavy atom. The largest absolute Gasteiger partial charge is 0.339 e. The maximum atomic E-state index is 12.0. The van der Waals surface area contributed by atoms with E-state index in [0.717, 1.165) is 24.7 Å². The van der Waals surface area contributed by atoms with Gasteiger partial charge in [0.1, 0.15) is 0 Å². The number of halogens is 1. The normalized spacial score (nSPS) is 14.9. The van der Waals surface area contributed by atoms with Crippen LogP contribution in [0.3, 0.4) is 0 Å². The Bertz CT molecular complexity index is 216. The average Bonchev–Trinajstić information content (AvgIpc) is 3.14. The lowest BCUT2D eigenvalue weighted by atomic mass is 10.1. The van der Waals surface area contributed by atoms with Gasteiger partial charge in [-0.15, -0.1) is 0 Å². The molecule has 1 aliphatic carbocycles. The van der Waals surface area contributed by atoms with Crippen LogP contribution in [0.5, 0.6) is 0 Å². The van der Waals surface area contributed by atoms with Crippen molar-refractivity contribution < 1.29 is 4.79 Å². The molecule has 0 atom stereocenters. The summed E-state index contributed by atoms with van der Waals surface area (Å²) in [4.78, 5) is 14.1. The number of rotatable bonds is 10. The zero-order chi connectivity index (χ0) is 12.5. The minimum absolute atomic E-state index is 0.377. The molecule has 0 bridgehead atoms. The van der Waals surface area contributed by atoms with E-state index in [0.29, 0.717) is 11.9 Å². The first-order valence-electron chi connectivity index (χ1n) is 7.15. The van der Waals surface area contributed by atoms with Gasteiger partial charge in [-0.1, -0.05) is 55.0 Å². The van der Waals surface area contributed by atoms with Crippen LogP contribution in [0.2, 0.25) is 0 Å². The van der Waals surface area contributed by atoms with Crippen molar-refractivity contribution >= 4 is 21.8 Å². The Morgan fingerprint density at radius 3 is 2.41 bits per heavy atom. The zero-order valence-corrected chi connectivity index (χ0v) is 12.7. The maximum absolute atomic E-state index is 12.0. The average molecular weight is 304 g/mol. The molecule has 2 nitrogen and oxygen atoms in total. The Morgan fingerprint density at radius 2 is 1.82 bits per heavy atom. The van der Waals surface area contributed by atoms with Crippen LogP contribution in [0.25, 0.3) is 0 Å². The number of hydrogen-bond donors (Lipinski definition) is 0. The van der Waals surface area contributed by atoms with Crippen LogP contribution in [0.1, 0.15) is 64.7 Å². The summed E-state index contributed by atoms with van der Waals surface area (Å²) in [6.07, 6.45) is 10.7. The zero-order valence-electron chi connectivity index (χ0n) is 11.1. The van der Waals surface area contributed by atoms with Crippen LogP contribution in [-0.4, -0.2) is 28.7 Å². The quantitative estimate of drug-likeness (QED) is 0.439. The second kappa shape index (κ2) is 8.96. The monoisotopic (exact) mass is 303 g/mol. The molecule has 100 valence electrons. The lowest BCUT2D eigenvalue weighted by Crippen LogP contribution is -2.34. The van der Waals surface area contributed by atoms with E-state index < -0.39 is 0 Å². The van der Waals surface area contributed by atoms with E-state index >= 15 is 0 Å². The van der Waals surface area contributed by atoms with Gasteiger partial charge >= 0.3 is 0 Å². The van der Waals surface area contributed by atoms with Gasteiger partial charge in [0.15, 0.2) is 0 Å². The highest BCUT2D eigenvalue weighted by Gasteiger charge is 2.31. The molecule has 0 aromatic heterocycles. The van der Waals surface area contributed by atoms with Crippen LogP contribution in [0, 0.1) is 0 Å². The summed E-state index contributed by atoms with van der Waals surface area (Å²) in [5, 5.41) is 0.908. The second-order valence-corrected chi connectivity index (χ2v) is 5.82. The van der Waals surface area contributed by atoms with Gasteiger partial charge < -0.3 is 4.90 Å². The van der Waals surface area contributed by atoms with Gasteiger partial charge in [-0.3, -0.25) is 4.79 Å². The fraction of sp³-hybridized carbons (Fsp3) is 0.929. The van der Waals surface area contributed by atoms with Gasteiger partial charge in [-0.2, -0.15) is 0 Å². The minimum atomic E-state index is 0.377. The first-order valence-corrected chi connectivity index (χ1v) is 8.27. The van der Waals surface area contributed by atoms with E-state index in [1.807, 2.05) is 0 Å². The van der Waals surface area contributed by atoms with Gasteiger partial charge in [0.05, 0.1) is 0 Å². The molecule has 0 unspecified atom stereocenters. The van der Waals surface area contributed by atoms with Crippen molar-refractivity contribution in [2.45, 2.75) is 70.8 Å². The van der Waals surface area contributed by atoms with Crippen molar-refractivity contribution in [3.63, 3.8) is 0 Å². The van der Waals surface area contributed by atoms with E-state index in [9.17, 15) is 4.79 Å². The second-order valence-electron chi connectivity index (χ2n) is 5.03. The molecule has 1 saturated carbocycles. The summed E-state index contributed by atoms with van der Waals surface area (Å²) < 4.78 is 0. The van der Waals surface area contributed by atoms with Crippen molar-refractivity contribution in [2.24, 2.45) is 0 Å². The smallest absolute Gasteiger partial charge is 0.222 e. The molecule has 1 amide bonds. The third-order valence-electron chi connectivity index (χ3n) is 3.38. The predicted molar refractivity (Wildman–Crippen MR) is 76.5 cm³/mol. The number of amides is 1. The van der Waals surface area contributed by atoms with Gasteiger partial charge in [-0.25, -0.2) is 0 Å². The summed E-state index contributed by atoms with van der Waals surface area (Å²) in [6, 6.07) is 0.570. The third kappa shape index (κ3) is 6.44. The number of carbonyl (C=O) groups is 1. The Labute approximate surface area is 114 Å². The van der Waals surface area contributed by atoms with Crippen molar-refractivity contribution in [2.75, 3.05) is 11.9 Å². The first kappa shape index (κ1) is 15.0. The van der Waals surface area contributed by atoms with Crippen LogP contribution in [-0.2, 0) is 4.79 Å². The molecule has 0 spiro atoms. The molecule has 0 aromatic rings. The van der Waals surface area contributed by atoms with Crippen molar-refractivity contribution in [3.05, 3.63) is 0 Å². The molecule has 1 fully saturated rings. The fourth-order valence-corrected chi connectivity index (χ4v) is 2.57. The molecular weight excluding hydrogens is 278 g/mol. The van der Waals surface area contributed by atoms with Crippen molar-refractivity contribution in [1.82, 2.24) is 4.90 Å². The Balaban J connectivity index is 2.06. The number of hydrogen-bond acceptors (Lipinski definition) is 1. The highest BCUT2D eigenvalue weighted by Crippen LogP contribution is 2.27. The molecule has 0 aromatic carbocycles. The van der Waals surface area contributed by atoms with Gasteiger partial charge in [0.2, 0.25) is 5.91 Å². The topological polar surface area (TPSA) is 20.3 Å². The van der Waals surface area contributed by atoms with Crippen LogP contribution in [0.15, 0.2) is 0 Å². The van der Waals surface area contributed by atoms with E-state index in [2.05, 4.69) is 27.8 Å². The molecule has 0 aliphatic heterocycles. The minimum Gasteiger partial charge on any atom is -0.339 e. The molecule has 0 heterocycles. The number of alkyl halides is 1. The van der Waals surface area contributed by atoms with Crippen molar-refractivity contribution in [1.29, 1.82) is 0 Å². The van der Waals surface area contributed by atoms with E-state index in [1.165, 1.54) is 44.9 Å². The highest BCUT2D eigenvalue weighted by atomic mass is 79.9.